The maximum Gasteiger partial charge on any atom is 0.115 e. The van der Waals surface area contributed by atoms with E-state index in [-0.39, 0.29) is 11.1 Å². The van der Waals surface area contributed by atoms with Gasteiger partial charge in [-0.2, -0.15) is 0 Å². The van der Waals surface area contributed by atoms with Crippen molar-refractivity contribution in [3.05, 3.63) is 0 Å². The second kappa shape index (κ2) is 3.45. The Kier molecular flexibility index (Phi) is 2.41. The van der Waals surface area contributed by atoms with Gasteiger partial charge >= 0.3 is 0 Å². The van der Waals surface area contributed by atoms with Crippen LogP contribution in [0.1, 0.15) is 46.5 Å². The van der Waals surface area contributed by atoms with Crippen LogP contribution in [0, 0.1) is 5.41 Å². The van der Waals surface area contributed by atoms with Crippen molar-refractivity contribution in [1.29, 1.82) is 0 Å². The van der Waals surface area contributed by atoms with Gasteiger partial charge < -0.3 is 4.74 Å². The summed E-state index contributed by atoms with van der Waals surface area (Å²) < 4.78 is 19.7. The number of halogens is 1. The molecule has 0 bridgehead atoms. The summed E-state index contributed by atoms with van der Waals surface area (Å²) in [7, 11) is 0. The fourth-order valence-electron chi connectivity index (χ4n) is 3.68. The molecular weight excluding hydrogens is 217 g/mol. The zero-order valence-corrected chi connectivity index (χ0v) is 11.3. The Hall–Kier alpha value is -0.150. The molecule has 2 nitrogen and oxygen atoms in total. The Balaban J connectivity index is 1.73. The van der Waals surface area contributed by atoms with Gasteiger partial charge in [0.2, 0.25) is 0 Å². The standard InChI is InChI=1S/C14H24FNO/c1-12(2,3)17-10-14-6-11(15)7-16(14)9-13(8-14)4-5-13/h11H,4-10H2,1-3H3/t11-,14-/m1/s1. The lowest BCUT2D eigenvalue weighted by Crippen LogP contribution is -2.44. The minimum absolute atomic E-state index is 0.0171. The van der Waals surface area contributed by atoms with Crippen LogP contribution in [0.3, 0.4) is 0 Å². The number of ether oxygens (including phenoxy) is 1. The lowest BCUT2D eigenvalue weighted by Gasteiger charge is -2.34. The van der Waals surface area contributed by atoms with Crippen molar-refractivity contribution >= 4 is 0 Å². The highest BCUT2D eigenvalue weighted by atomic mass is 19.1. The predicted octanol–water partition coefficient (Wildman–Crippen LogP) is 2.77. The molecule has 2 heterocycles. The molecule has 2 atom stereocenters. The van der Waals surface area contributed by atoms with Gasteiger partial charge in [-0.25, -0.2) is 4.39 Å². The zero-order chi connectivity index (χ0) is 12.3. The maximum absolute atomic E-state index is 13.7. The summed E-state index contributed by atoms with van der Waals surface area (Å²) in [4.78, 5) is 2.39. The summed E-state index contributed by atoms with van der Waals surface area (Å²) in [6.45, 7) is 8.70. The summed E-state index contributed by atoms with van der Waals surface area (Å²) in [5, 5.41) is 0. The molecule has 3 aliphatic rings. The Morgan fingerprint density at radius 3 is 2.65 bits per heavy atom. The van der Waals surface area contributed by atoms with Gasteiger partial charge in [-0.05, 0) is 45.4 Å². The van der Waals surface area contributed by atoms with E-state index in [0.717, 1.165) is 13.0 Å². The van der Waals surface area contributed by atoms with Crippen LogP contribution < -0.4 is 0 Å². The Labute approximate surface area is 104 Å². The van der Waals surface area contributed by atoms with E-state index < -0.39 is 6.17 Å². The summed E-state index contributed by atoms with van der Waals surface area (Å²) in [5.41, 5.74) is 0.443. The lowest BCUT2D eigenvalue weighted by atomic mass is 9.88. The highest BCUT2D eigenvalue weighted by Crippen LogP contribution is 2.60. The Bertz CT molecular complexity index is 321. The molecule has 0 aromatic heterocycles. The van der Waals surface area contributed by atoms with Crippen molar-refractivity contribution in [1.82, 2.24) is 4.90 Å². The molecule has 17 heavy (non-hydrogen) atoms. The van der Waals surface area contributed by atoms with Crippen molar-refractivity contribution in [2.45, 2.75) is 63.8 Å². The fraction of sp³-hybridized carbons (Fsp3) is 1.00. The van der Waals surface area contributed by atoms with Crippen LogP contribution in [-0.2, 0) is 4.74 Å². The van der Waals surface area contributed by atoms with Crippen LogP contribution >= 0.6 is 0 Å². The number of hydrogen-bond acceptors (Lipinski definition) is 2. The van der Waals surface area contributed by atoms with Crippen LogP contribution in [0.2, 0.25) is 0 Å². The molecule has 0 aromatic carbocycles. The molecule has 0 aromatic rings. The molecule has 1 aliphatic carbocycles. The molecule has 1 saturated carbocycles. The first-order valence-corrected chi connectivity index (χ1v) is 6.86. The average Bonchev–Trinajstić information content (AvgIpc) is 2.74. The zero-order valence-electron chi connectivity index (χ0n) is 11.3. The van der Waals surface area contributed by atoms with Crippen molar-refractivity contribution in [3.63, 3.8) is 0 Å². The first-order chi connectivity index (χ1) is 7.83. The summed E-state index contributed by atoms with van der Waals surface area (Å²) in [6.07, 6.45) is 3.89. The third kappa shape index (κ3) is 2.12. The van der Waals surface area contributed by atoms with E-state index >= 15 is 0 Å². The SMILES string of the molecule is CC(C)(C)OC[C@]12C[C@@H](F)CN1CC1(CC1)C2. The van der Waals surface area contributed by atoms with Crippen LogP contribution in [-0.4, -0.2) is 41.9 Å². The minimum atomic E-state index is -0.644. The fourth-order valence-corrected chi connectivity index (χ4v) is 3.68. The van der Waals surface area contributed by atoms with Gasteiger partial charge in [0.25, 0.3) is 0 Å². The molecule has 0 N–H and O–H groups in total. The van der Waals surface area contributed by atoms with Crippen molar-refractivity contribution in [2.24, 2.45) is 5.41 Å². The van der Waals surface area contributed by atoms with Gasteiger partial charge in [-0.3, -0.25) is 4.90 Å². The monoisotopic (exact) mass is 241 g/mol. The molecule has 2 aliphatic heterocycles. The molecular formula is C14H24FNO. The van der Waals surface area contributed by atoms with Crippen LogP contribution in [0.25, 0.3) is 0 Å². The maximum atomic E-state index is 13.7. The van der Waals surface area contributed by atoms with Crippen LogP contribution in [0.15, 0.2) is 0 Å². The van der Waals surface area contributed by atoms with Gasteiger partial charge in [-0.15, -0.1) is 0 Å². The van der Waals surface area contributed by atoms with E-state index in [0.29, 0.717) is 25.0 Å². The first kappa shape index (κ1) is 11.9. The lowest BCUT2D eigenvalue weighted by molar-refractivity contribution is -0.0528. The van der Waals surface area contributed by atoms with Gasteiger partial charge in [0.05, 0.1) is 12.2 Å². The molecule has 1 spiro atoms. The predicted molar refractivity (Wildman–Crippen MR) is 65.8 cm³/mol. The normalized spacial score (nSPS) is 39.9. The van der Waals surface area contributed by atoms with Gasteiger partial charge in [0.15, 0.2) is 0 Å². The van der Waals surface area contributed by atoms with E-state index in [2.05, 4.69) is 25.7 Å². The Morgan fingerprint density at radius 1 is 1.35 bits per heavy atom. The second-order valence-corrected chi connectivity index (χ2v) is 7.48. The van der Waals surface area contributed by atoms with Crippen LogP contribution in [0.4, 0.5) is 4.39 Å². The number of rotatable bonds is 2. The van der Waals surface area contributed by atoms with E-state index in [1.165, 1.54) is 12.8 Å². The van der Waals surface area contributed by atoms with Crippen LogP contribution in [0.5, 0.6) is 0 Å². The summed E-state index contributed by atoms with van der Waals surface area (Å²) in [5.74, 6) is 0. The average molecular weight is 241 g/mol. The smallest absolute Gasteiger partial charge is 0.115 e. The van der Waals surface area contributed by atoms with E-state index in [9.17, 15) is 4.39 Å². The second-order valence-electron chi connectivity index (χ2n) is 7.48. The molecule has 3 fully saturated rings. The van der Waals surface area contributed by atoms with Crippen molar-refractivity contribution in [2.75, 3.05) is 19.7 Å². The van der Waals surface area contributed by atoms with Gasteiger partial charge in [-0.1, -0.05) is 0 Å². The van der Waals surface area contributed by atoms with Gasteiger partial charge in [0, 0.05) is 25.0 Å². The van der Waals surface area contributed by atoms with E-state index in [1.807, 2.05) is 0 Å². The quantitative estimate of drug-likeness (QED) is 0.737. The molecule has 0 unspecified atom stereocenters. The molecule has 0 radical (unpaired) electrons. The Morgan fingerprint density at radius 2 is 2.06 bits per heavy atom. The molecule has 98 valence electrons. The first-order valence-electron chi connectivity index (χ1n) is 6.86. The number of alkyl halides is 1. The third-order valence-electron chi connectivity index (χ3n) is 4.65. The van der Waals surface area contributed by atoms with E-state index in [1.54, 1.807) is 0 Å². The van der Waals surface area contributed by atoms with Crippen molar-refractivity contribution in [3.8, 4) is 0 Å². The summed E-state index contributed by atoms with van der Waals surface area (Å²) in [6, 6.07) is 0. The minimum Gasteiger partial charge on any atom is -0.374 e. The van der Waals surface area contributed by atoms with Crippen molar-refractivity contribution < 1.29 is 9.13 Å². The third-order valence-corrected chi connectivity index (χ3v) is 4.65. The number of hydrogen-bond donors (Lipinski definition) is 0. The molecule has 3 heteroatoms. The van der Waals surface area contributed by atoms with Gasteiger partial charge in [0.1, 0.15) is 6.17 Å². The molecule has 2 saturated heterocycles. The van der Waals surface area contributed by atoms with E-state index in [4.69, 9.17) is 4.74 Å². The molecule has 3 rings (SSSR count). The largest absolute Gasteiger partial charge is 0.374 e. The highest BCUT2D eigenvalue weighted by Gasteiger charge is 2.62. The summed E-state index contributed by atoms with van der Waals surface area (Å²) >= 11 is 0. The topological polar surface area (TPSA) is 12.5 Å². The molecule has 0 amide bonds. The number of nitrogens with zero attached hydrogens (tertiary/aromatic N) is 1. The number of fused-ring (bicyclic) bond motifs is 1. The highest BCUT2D eigenvalue weighted by molar-refractivity contribution is 5.15.